The quantitative estimate of drug-likeness (QED) is 0.911. The normalized spacial score (nSPS) is 10.3. The number of aliphatic carboxylic acids is 1. The zero-order chi connectivity index (χ0) is 14.7. The van der Waals surface area contributed by atoms with E-state index in [1.165, 1.54) is 13.2 Å². The van der Waals surface area contributed by atoms with Crippen molar-refractivity contribution in [3.63, 3.8) is 0 Å². The van der Waals surface area contributed by atoms with Gasteiger partial charge in [-0.1, -0.05) is 12.1 Å². The third-order valence-corrected chi connectivity index (χ3v) is 2.91. The van der Waals surface area contributed by atoms with Gasteiger partial charge in [0.25, 0.3) is 5.91 Å². The third kappa shape index (κ3) is 2.54. The second-order valence-electron chi connectivity index (χ2n) is 4.27. The van der Waals surface area contributed by atoms with Crippen molar-refractivity contribution in [3.05, 3.63) is 36.2 Å². The number of carboxylic acid groups (broad SMARTS) is 1. The summed E-state index contributed by atoms with van der Waals surface area (Å²) in [6.07, 6.45) is 1.51. The van der Waals surface area contributed by atoms with Gasteiger partial charge >= 0.3 is 5.97 Å². The summed E-state index contributed by atoms with van der Waals surface area (Å²) in [5.74, 6) is -0.871. The first-order valence-corrected chi connectivity index (χ1v) is 5.93. The number of amides is 1. The van der Waals surface area contributed by atoms with Gasteiger partial charge in [-0.05, 0) is 12.1 Å². The minimum absolute atomic E-state index is 0.213. The van der Waals surface area contributed by atoms with E-state index in [0.29, 0.717) is 11.1 Å². The van der Waals surface area contributed by atoms with Gasteiger partial charge in [0.1, 0.15) is 18.0 Å². The molecule has 2 rings (SSSR count). The topological polar surface area (TPSA) is 79.7 Å². The highest BCUT2D eigenvalue weighted by Gasteiger charge is 2.19. The van der Waals surface area contributed by atoms with Crippen molar-refractivity contribution in [2.45, 2.75) is 0 Å². The predicted molar refractivity (Wildman–Crippen MR) is 72.9 cm³/mol. The second kappa shape index (κ2) is 5.56. The third-order valence-electron chi connectivity index (χ3n) is 2.91. The molecule has 0 bridgehead atoms. The lowest BCUT2D eigenvalue weighted by Crippen LogP contribution is -2.32. The summed E-state index contributed by atoms with van der Waals surface area (Å²) in [6, 6.07) is 7.06. The van der Waals surface area contributed by atoms with Crippen LogP contribution in [0.3, 0.4) is 0 Å². The molecule has 0 fully saturated rings. The number of fused-ring (bicyclic) bond motifs is 1. The van der Waals surface area contributed by atoms with Gasteiger partial charge in [-0.2, -0.15) is 0 Å². The number of carbonyl (C=O) groups excluding carboxylic acids is 1. The molecule has 0 aliphatic rings. The van der Waals surface area contributed by atoms with E-state index in [9.17, 15) is 9.59 Å². The van der Waals surface area contributed by atoms with Crippen molar-refractivity contribution in [1.82, 2.24) is 9.88 Å². The highest BCUT2D eigenvalue weighted by atomic mass is 16.5. The van der Waals surface area contributed by atoms with Gasteiger partial charge in [0.05, 0.1) is 7.11 Å². The molecule has 6 nitrogen and oxygen atoms in total. The van der Waals surface area contributed by atoms with Crippen LogP contribution < -0.4 is 4.74 Å². The van der Waals surface area contributed by atoms with E-state index >= 15 is 0 Å². The number of methoxy groups -OCH3 is 1. The minimum atomic E-state index is -1.07. The Bertz CT molecular complexity index is 669. The fourth-order valence-corrected chi connectivity index (χ4v) is 1.98. The first kappa shape index (κ1) is 13.8. The summed E-state index contributed by atoms with van der Waals surface area (Å²) in [5.41, 5.74) is 0.213. The largest absolute Gasteiger partial charge is 0.496 e. The van der Waals surface area contributed by atoms with E-state index in [-0.39, 0.29) is 12.2 Å². The van der Waals surface area contributed by atoms with Gasteiger partial charge in [-0.15, -0.1) is 0 Å². The first-order chi connectivity index (χ1) is 9.54. The summed E-state index contributed by atoms with van der Waals surface area (Å²) in [7, 11) is 2.98. The smallest absolute Gasteiger partial charge is 0.323 e. The van der Waals surface area contributed by atoms with Crippen molar-refractivity contribution in [1.29, 1.82) is 0 Å². The van der Waals surface area contributed by atoms with Crippen molar-refractivity contribution in [2.24, 2.45) is 0 Å². The molecule has 1 aromatic heterocycles. The SMILES string of the molecule is COc1cccc2c(C(=O)N(C)CC(=O)O)nccc12. The lowest BCUT2D eigenvalue weighted by molar-refractivity contribution is -0.137. The molecule has 6 heteroatoms. The molecular formula is C14H14N2O4. The summed E-state index contributed by atoms with van der Waals surface area (Å²) in [5, 5.41) is 10.1. The van der Waals surface area contributed by atoms with Crippen molar-refractivity contribution in [3.8, 4) is 5.75 Å². The summed E-state index contributed by atoms with van der Waals surface area (Å²) >= 11 is 0. The fourth-order valence-electron chi connectivity index (χ4n) is 1.98. The minimum Gasteiger partial charge on any atom is -0.496 e. The monoisotopic (exact) mass is 274 g/mol. The van der Waals surface area contributed by atoms with E-state index in [2.05, 4.69) is 4.98 Å². The molecule has 0 radical (unpaired) electrons. The van der Waals surface area contributed by atoms with Crippen molar-refractivity contribution < 1.29 is 19.4 Å². The fraction of sp³-hybridized carbons (Fsp3) is 0.214. The standard InChI is InChI=1S/C14H14N2O4/c1-16(8-12(17)18)14(19)13-10-4-3-5-11(20-2)9(10)6-7-15-13/h3-7H,8H2,1-2H3,(H,17,18). The maximum Gasteiger partial charge on any atom is 0.323 e. The number of aromatic nitrogens is 1. The first-order valence-electron chi connectivity index (χ1n) is 5.93. The summed E-state index contributed by atoms with van der Waals surface area (Å²) in [4.78, 5) is 28.1. The number of rotatable bonds is 4. The van der Waals surface area contributed by atoms with Crippen LogP contribution >= 0.6 is 0 Å². The highest BCUT2D eigenvalue weighted by Crippen LogP contribution is 2.26. The predicted octanol–water partition coefficient (Wildman–Crippen LogP) is 1.40. The van der Waals surface area contributed by atoms with Crippen LogP contribution in [0.5, 0.6) is 5.75 Å². The number of carbonyl (C=O) groups is 2. The van der Waals surface area contributed by atoms with Crippen LogP contribution in [0.4, 0.5) is 0 Å². The van der Waals surface area contributed by atoms with Crippen LogP contribution in [0.1, 0.15) is 10.5 Å². The second-order valence-corrected chi connectivity index (χ2v) is 4.27. The Labute approximate surface area is 115 Å². The Morgan fingerprint density at radius 3 is 2.70 bits per heavy atom. The lowest BCUT2D eigenvalue weighted by atomic mass is 10.1. The molecule has 1 aromatic carbocycles. The zero-order valence-corrected chi connectivity index (χ0v) is 11.2. The molecule has 0 saturated heterocycles. The van der Waals surface area contributed by atoms with Gasteiger partial charge in [0, 0.05) is 24.0 Å². The number of benzene rings is 1. The van der Waals surface area contributed by atoms with Crippen LogP contribution in [-0.4, -0.2) is 47.6 Å². The Morgan fingerprint density at radius 1 is 1.30 bits per heavy atom. The van der Waals surface area contributed by atoms with Gasteiger partial charge in [-0.25, -0.2) is 0 Å². The van der Waals surface area contributed by atoms with Crippen LogP contribution in [0.2, 0.25) is 0 Å². The number of hydrogen-bond donors (Lipinski definition) is 1. The number of hydrogen-bond acceptors (Lipinski definition) is 4. The molecular weight excluding hydrogens is 260 g/mol. The van der Waals surface area contributed by atoms with Crippen LogP contribution in [0.25, 0.3) is 10.8 Å². The molecule has 1 N–H and O–H groups in total. The molecule has 0 atom stereocenters. The Kier molecular flexibility index (Phi) is 3.84. The van der Waals surface area contributed by atoms with E-state index in [1.54, 1.807) is 31.4 Å². The lowest BCUT2D eigenvalue weighted by Gasteiger charge is -2.15. The Morgan fingerprint density at radius 2 is 2.05 bits per heavy atom. The molecule has 20 heavy (non-hydrogen) atoms. The molecule has 0 saturated carbocycles. The number of ether oxygens (including phenoxy) is 1. The average molecular weight is 274 g/mol. The molecule has 0 unspecified atom stereocenters. The zero-order valence-electron chi connectivity index (χ0n) is 11.2. The van der Waals surface area contributed by atoms with E-state index in [1.807, 2.05) is 0 Å². The molecule has 1 amide bonds. The van der Waals surface area contributed by atoms with E-state index in [0.717, 1.165) is 10.3 Å². The molecule has 0 aliphatic heterocycles. The molecule has 1 heterocycles. The van der Waals surface area contributed by atoms with Crippen LogP contribution in [0.15, 0.2) is 30.5 Å². The van der Waals surface area contributed by atoms with Crippen molar-refractivity contribution >= 4 is 22.6 Å². The van der Waals surface area contributed by atoms with Crippen LogP contribution in [0, 0.1) is 0 Å². The molecule has 104 valence electrons. The number of carboxylic acids is 1. The Hall–Kier alpha value is -2.63. The molecule has 0 spiro atoms. The maximum atomic E-state index is 12.3. The number of pyridine rings is 1. The highest BCUT2D eigenvalue weighted by molar-refractivity contribution is 6.07. The van der Waals surface area contributed by atoms with E-state index < -0.39 is 11.9 Å². The van der Waals surface area contributed by atoms with Crippen molar-refractivity contribution in [2.75, 3.05) is 20.7 Å². The molecule has 0 aliphatic carbocycles. The molecule has 2 aromatic rings. The van der Waals surface area contributed by atoms with Gasteiger partial charge in [-0.3, -0.25) is 14.6 Å². The van der Waals surface area contributed by atoms with E-state index in [4.69, 9.17) is 9.84 Å². The van der Waals surface area contributed by atoms with Gasteiger partial charge < -0.3 is 14.7 Å². The maximum absolute atomic E-state index is 12.3. The Balaban J connectivity index is 2.50. The number of nitrogens with zero attached hydrogens (tertiary/aromatic N) is 2. The summed E-state index contributed by atoms with van der Waals surface area (Å²) < 4.78 is 5.24. The average Bonchev–Trinajstić information content (AvgIpc) is 2.44. The van der Waals surface area contributed by atoms with Gasteiger partial charge in [0.2, 0.25) is 0 Å². The number of likely N-dealkylation sites (N-methyl/N-ethyl adjacent to an activating group) is 1. The summed E-state index contributed by atoms with van der Waals surface area (Å²) in [6.45, 7) is -0.374. The van der Waals surface area contributed by atoms with Crippen LogP contribution in [-0.2, 0) is 4.79 Å². The van der Waals surface area contributed by atoms with Gasteiger partial charge in [0.15, 0.2) is 0 Å².